The molecule has 2 aromatic carbocycles. The zero-order valence-corrected chi connectivity index (χ0v) is 12.6. The third-order valence-corrected chi connectivity index (χ3v) is 3.71. The van der Waals surface area contributed by atoms with Gasteiger partial charge in [-0.15, -0.1) is 0 Å². The summed E-state index contributed by atoms with van der Waals surface area (Å²) in [7, 11) is 1.65. The minimum atomic E-state index is -0.493. The summed E-state index contributed by atoms with van der Waals surface area (Å²) in [6.07, 6.45) is 0.118. The fourth-order valence-corrected chi connectivity index (χ4v) is 2.37. The average molecular weight is 321 g/mol. The van der Waals surface area contributed by atoms with Crippen molar-refractivity contribution in [3.05, 3.63) is 63.6 Å². The number of halogens is 1. The fourth-order valence-electron chi connectivity index (χ4n) is 2.10. The molecular weight excluding hydrogens is 304 g/mol. The summed E-state index contributed by atoms with van der Waals surface area (Å²) in [5.74, 6) is 0.817. The van der Waals surface area contributed by atoms with Gasteiger partial charge in [-0.25, -0.2) is 0 Å². The Bertz CT molecular complexity index is 549. The van der Waals surface area contributed by atoms with Crippen LogP contribution >= 0.6 is 15.9 Å². The number of hydrogen-bond donors (Lipinski definition) is 1. The lowest BCUT2D eigenvalue weighted by atomic mass is 9.97. The number of rotatable bonds is 4. The highest BCUT2D eigenvalue weighted by Crippen LogP contribution is 2.25. The van der Waals surface area contributed by atoms with Crippen LogP contribution in [0, 0.1) is 6.92 Å². The van der Waals surface area contributed by atoms with Crippen LogP contribution in [0.5, 0.6) is 5.75 Å². The molecule has 2 aromatic rings. The van der Waals surface area contributed by atoms with E-state index >= 15 is 0 Å². The van der Waals surface area contributed by atoms with E-state index in [2.05, 4.69) is 15.9 Å². The van der Waals surface area contributed by atoms with E-state index in [9.17, 15) is 5.11 Å². The minimum absolute atomic E-state index is 0.493. The highest BCUT2D eigenvalue weighted by molar-refractivity contribution is 9.10. The van der Waals surface area contributed by atoms with Crippen LogP contribution in [0.3, 0.4) is 0 Å². The molecule has 1 unspecified atom stereocenters. The molecule has 1 atom stereocenters. The van der Waals surface area contributed by atoms with Crippen molar-refractivity contribution >= 4 is 15.9 Å². The number of hydrogen-bond acceptors (Lipinski definition) is 2. The molecule has 1 N–H and O–H groups in total. The van der Waals surface area contributed by atoms with Crippen molar-refractivity contribution in [3.8, 4) is 5.75 Å². The molecule has 0 amide bonds. The maximum absolute atomic E-state index is 10.3. The molecule has 100 valence electrons. The Morgan fingerprint density at radius 1 is 1.16 bits per heavy atom. The van der Waals surface area contributed by atoms with Crippen molar-refractivity contribution < 1.29 is 9.84 Å². The standard InChI is InChI=1S/C16H17BrO2/c1-11-9-14(19-2)7-8-15(11)16(18)10-12-3-5-13(17)6-4-12/h3-9,16,18H,10H2,1-2H3. The topological polar surface area (TPSA) is 29.5 Å². The first-order chi connectivity index (χ1) is 9.10. The molecule has 0 aliphatic rings. The summed E-state index contributed by atoms with van der Waals surface area (Å²) in [4.78, 5) is 0. The Morgan fingerprint density at radius 2 is 1.84 bits per heavy atom. The van der Waals surface area contributed by atoms with E-state index in [1.54, 1.807) is 7.11 Å². The highest BCUT2D eigenvalue weighted by atomic mass is 79.9. The van der Waals surface area contributed by atoms with Crippen molar-refractivity contribution in [1.29, 1.82) is 0 Å². The van der Waals surface area contributed by atoms with Gasteiger partial charge in [-0.05, 0) is 47.9 Å². The Balaban J connectivity index is 2.15. The summed E-state index contributed by atoms with van der Waals surface area (Å²) >= 11 is 3.41. The van der Waals surface area contributed by atoms with Gasteiger partial charge in [0, 0.05) is 10.9 Å². The second kappa shape index (κ2) is 6.22. The molecule has 0 bridgehead atoms. The van der Waals surface area contributed by atoms with Gasteiger partial charge in [0.25, 0.3) is 0 Å². The number of aliphatic hydroxyl groups is 1. The smallest absolute Gasteiger partial charge is 0.119 e. The van der Waals surface area contributed by atoms with Gasteiger partial charge >= 0.3 is 0 Å². The van der Waals surface area contributed by atoms with Crippen molar-refractivity contribution in [1.82, 2.24) is 0 Å². The number of methoxy groups -OCH3 is 1. The van der Waals surface area contributed by atoms with Crippen LogP contribution in [0.1, 0.15) is 22.8 Å². The van der Waals surface area contributed by atoms with E-state index in [1.807, 2.05) is 49.4 Å². The van der Waals surface area contributed by atoms with Crippen LogP contribution in [0.25, 0.3) is 0 Å². The van der Waals surface area contributed by atoms with Gasteiger partial charge in [-0.3, -0.25) is 0 Å². The first kappa shape index (κ1) is 14.1. The molecule has 0 aliphatic carbocycles. The maximum Gasteiger partial charge on any atom is 0.119 e. The Labute approximate surface area is 122 Å². The summed E-state index contributed by atoms with van der Waals surface area (Å²) in [5, 5.41) is 10.3. The summed E-state index contributed by atoms with van der Waals surface area (Å²) in [5.41, 5.74) is 3.11. The van der Waals surface area contributed by atoms with Crippen LogP contribution in [0.4, 0.5) is 0 Å². The molecule has 0 heterocycles. The molecule has 0 aromatic heterocycles. The van der Waals surface area contributed by atoms with Gasteiger partial charge in [-0.2, -0.15) is 0 Å². The van der Waals surface area contributed by atoms with E-state index in [0.29, 0.717) is 6.42 Å². The van der Waals surface area contributed by atoms with Crippen LogP contribution in [-0.2, 0) is 6.42 Å². The highest BCUT2D eigenvalue weighted by Gasteiger charge is 2.11. The molecule has 0 saturated carbocycles. The third kappa shape index (κ3) is 3.58. The largest absolute Gasteiger partial charge is 0.497 e. The molecule has 0 saturated heterocycles. The number of ether oxygens (including phenoxy) is 1. The second-order valence-corrected chi connectivity index (χ2v) is 5.48. The SMILES string of the molecule is COc1ccc(C(O)Cc2ccc(Br)cc2)c(C)c1. The Morgan fingerprint density at radius 3 is 2.42 bits per heavy atom. The third-order valence-electron chi connectivity index (χ3n) is 3.18. The predicted molar refractivity (Wildman–Crippen MR) is 80.5 cm³/mol. The van der Waals surface area contributed by atoms with Crippen LogP contribution in [0.15, 0.2) is 46.9 Å². The van der Waals surface area contributed by atoms with Gasteiger partial charge in [0.1, 0.15) is 5.75 Å². The summed E-state index contributed by atoms with van der Waals surface area (Å²) in [6.45, 7) is 1.99. The predicted octanol–water partition coefficient (Wildman–Crippen LogP) is 4.04. The molecule has 0 spiro atoms. The molecule has 0 radical (unpaired) electrons. The first-order valence-corrected chi connectivity index (χ1v) is 6.96. The maximum atomic E-state index is 10.3. The molecule has 2 nitrogen and oxygen atoms in total. The molecule has 2 rings (SSSR count). The number of aryl methyl sites for hydroxylation is 1. The molecule has 3 heteroatoms. The van der Waals surface area contributed by atoms with E-state index in [-0.39, 0.29) is 0 Å². The average Bonchev–Trinajstić information content (AvgIpc) is 2.41. The van der Waals surface area contributed by atoms with E-state index in [0.717, 1.165) is 26.9 Å². The van der Waals surface area contributed by atoms with E-state index in [4.69, 9.17) is 4.74 Å². The lowest BCUT2D eigenvalue weighted by molar-refractivity contribution is 0.177. The normalized spacial score (nSPS) is 12.2. The Kier molecular flexibility index (Phi) is 4.61. The molecular formula is C16H17BrO2. The zero-order chi connectivity index (χ0) is 13.8. The quantitative estimate of drug-likeness (QED) is 0.921. The van der Waals surface area contributed by atoms with Gasteiger partial charge in [0.05, 0.1) is 13.2 Å². The summed E-state index contributed by atoms with van der Waals surface area (Å²) < 4.78 is 6.22. The van der Waals surface area contributed by atoms with Crippen LogP contribution in [-0.4, -0.2) is 12.2 Å². The lowest BCUT2D eigenvalue weighted by Crippen LogP contribution is -2.04. The van der Waals surface area contributed by atoms with Gasteiger partial charge < -0.3 is 9.84 Å². The Hall–Kier alpha value is -1.32. The van der Waals surface area contributed by atoms with Crippen molar-refractivity contribution in [2.75, 3.05) is 7.11 Å². The van der Waals surface area contributed by atoms with Gasteiger partial charge in [0.15, 0.2) is 0 Å². The summed E-state index contributed by atoms with van der Waals surface area (Å²) in [6, 6.07) is 13.8. The lowest BCUT2D eigenvalue weighted by Gasteiger charge is -2.15. The zero-order valence-electron chi connectivity index (χ0n) is 11.1. The van der Waals surface area contributed by atoms with Crippen LogP contribution < -0.4 is 4.74 Å². The minimum Gasteiger partial charge on any atom is -0.497 e. The van der Waals surface area contributed by atoms with Gasteiger partial charge in [-0.1, -0.05) is 34.1 Å². The number of aliphatic hydroxyl groups excluding tert-OH is 1. The first-order valence-electron chi connectivity index (χ1n) is 6.17. The van der Waals surface area contributed by atoms with Crippen molar-refractivity contribution in [3.63, 3.8) is 0 Å². The second-order valence-electron chi connectivity index (χ2n) is 4.57. The van der Waals surface area contributed by atoms with Crippen molar-refractivity contribution in [2.45, 2.75) is 19.4 Å². The van der Waals surface area contributed by atoms with Crippen LogP contribution in [0.2, 0.25) is 0 Å². The van der Waals surface area contributed by atoms with E-state index < -0.39 is 6.10 Å². The van der Waals surface area contributed by atoms with Crippen molar-refractivity contribution in [2.24, 2.45) is 0 Å². The molecule has 0 aliphatic heterocycles. The van der Waals surface area contributed by atoms with E-state index in [1.165, 1.54) is 0 Å². The monoisotopic (exact) mass is 320 g/mol. The molecule has 19 heavy (non-hydrogen) atoms. The van der Waals surface area contributed by atoms with Gasteiger partial charge in [0.2, 0.25) is 0 Å². The molecule has 0 fully saturated rings. The fraction of sp³-hybridized carbons (Fsp3) is 0.250. The number of benzene rings is 2.